The molecule has 0 radical (unpaired) electrons. The summed E-state index contributed by atoms with van der Waals surface area (Å²) in [4.78, 5) is 13.3. The Hall–Kier alpha value is -2.57. The second-order valence-electron chi connectivity index (χ2n) is 6.03. The van der Waals surface area contributed by atoms with Gasteiger partial charge < -0.3 is 4.52 Å². The molecule has 4 heterocycles. The fourth-order valence-electron chi connectivity index (χ4n) is 2.93. The number of hydrogen-bond acceptors (Lipinski definition) is 6. The summed E-state index contributed by atoms with van der Waals surface area (Å²) in [7, 11) is 0. The predicted octanol–water partition coefficient (Wildman–Crippen LogP) is 1.99. The van der Waals surface area contributed by atoms with Crippen LogP contribution in [0.1, 0.15) is 47.0 Å². The van der Waals surface area contributed by atoms with Crippen molar-refractivity contribution >= 4 is 0 Å². The van der Waals surface area contributed by atoms with E-state index in [-0.39, 0.29) is 5.92 Å². The van der Waals surface area contributed by atoms with E-state index in [4.69, 9.17) is 4.52 Å². The summed E-state index contributed by atoms with van der Waals surface area (Å²) >= 11 is 0. The maximum absolute atomic E-state index is 5.48. The van der Waals surface area contributed by atoms with Crippen molar-refractivity contribution in [3.63, 3.8) is 0 Å². The highest BCUT2D eigenvalue weighted by Crippen LogP contribution is 2.27. The van der Waals surface area contributed by atoms with Crippen LogP contribution in [0.3, 0.4) is 0 Å². The van der Waals surface area contributed by atoms with Gasteiger partial charge in [-0.05, 0) is 31.9 Å². The fraction of sp³-hybridized carbons (Fsp3) is 0.438. The van der Waals surface area contributed by atoms with Crippen molar-refractivity contribution in [1.29, 1.82) is 0 Å². The highest BCUT2D eigenvalue weighted by atomic mass is 16.5. The van der Waals surface area contributed by atoms with Crippen LogP contribution in [-0.4, -0.2) is 29.9 Å². The third kappa shape index (κ3) is 2.86. The van der Waals surface area contributed by atoms with Crippen molar-refractivity contribution in [1.82, 2.24) is 29.9 Å². The molecule has 0 bridgehead atoms. The molecule has 1 aliphatic rings. The van der Waals surface area contributed by atoms with Gasteiger partial charge in [-0.15, -0.1) is 0 Å². The number of fused-ring (bicyclic) bond motifs is 1. The largest absolute Gasteiger partial charge is 0.339 e. The van der Waals surface area contributed by atoms with Crippen LogP contribution in [0.2, 0.25) is 0 Å². The van der Waals surface area contributed by atoms with Crippen molar-refractivity contribution in [3.05, 3.63) is 53.0 Å². The molecule has 3 aromatic heterocycles. The highest BCUT2D eigenvalue weighted by molar-refractivity contribution is 5.17. The van der Waals surface area contributed by atoms with E-state index in [9.17, 15) is 0 Å². The van der Waals surface area contributed by atoms with Gasteiger partial charge in [0.05, 0.1) is 12.5 Å². The molecule has 3 aromatic rings. The Kier molecular flexibility index (Phi) is 3.40. The molecule has 23 heavy (non-hydrogen) atoms. The molecule has 0 aromatic carbocycles. The summed E-state index contributed by atoms with van der Waals surface area (Å²) < 4.78 is 7.43. The lowest BCUT2D eigenvalue weighted by Crippen LogP contribution is -2.20. The quantitative estimate of drug-likeness (QED) is 0.736. The number of nitrogens with zero attached hydrogens (tertiary/aromatic N) is 6. The molecule has 7 heteroatoms. The molecule has 4 rings (SSSR count). The Morgan fingerprint density at radius 3 is 3.00 bits per heavy atom. The molecular weight excluding hydrogens is 292 g/mol. The Morgan fingerprint density at radius 2 is 2.17 bits per heavy atom. The second kappa shape index (κ2) is 5.57. The molecule has 1 unspecified atom stereocenters. The molecule has 0 amide bonds. The second-order valence-corrected chi connectivity index (χ2v) is 6.03. The number of pyridine rings is 1. The number of aryl methyl sites for hydroxylation is 3. The van der Waals surface area contributed by atoms with E-state index in [2.05, 4.69) is 25.2 Å². The van der Waals surface area contributed by atoms with Crippen LogP contribution in [0.4, 0.5) is 0 Å². The third-order valence-electron chi connectivity index (χ3n) is 4.13. The summed E-state index contributed by atoms with van der Waals surface area (Å²) in [5.41, 5.74) is 2.09. The Bertz CT molecular complexity index is 819. The molecule has 0 aliphatic carbocycles. The molecule has 1 atom stereocenters. The Labute approximate surface area is 133 Å². The normalized spacial score (nSPS) is 17.2. The van der Waals surface area contributed by atoms with Gasteiger partial charge in [0.25, 0.3) is 0 Å². The van der Waals surface area contributed by atoms with E-state index in [1.165, 1.54) is 0 Å². The van der Waals surface area contributed by atoms with Crippen LogP contribution in [0.15, 0.2) is 22.9 Å². The summed E-state index contributed by atoms with van der Waals surface area (Å²) in [6.07, 6.45) is 4.35. The van der Waals surface area contributed by atoms with Gasteiger partial charge in [0, 0.05) is 24.7 Å². The predicted molar refractivity (Wildman–Crippen MR) is 81.9 cm³/mol. The number of rotatable bonds is 3. The first kappa shape index (κ1) is 14.0. The minimum Gasteiger partial charge on any atom is -0.339 e. The molecule has 0 saturated carbocycles. The summed E-state index contributed by atoms with van der Waals surface area (Å²) in [5, 5.41) is 8.53. The molecule has 0 saturated heterocycles. The smallest absolute Gasteiger partial charge is 0.231 e. The maximum atomic E-state index is 5.48. The molecule has 0 N–H and O–H groups in total. The Balaban J connectivity index is 1.49. The number of hydrogen-bond donors (Lipinski definition) is 0. The van der Waals surface area contributed by atoms with Gasteiger partial charge in [-0.1, -0.05) is 11.2 Å². The van der Waals surface area contributed by atoms with Crippen molar-refractivity contribution in [2.24, 2.45) is 0 Å². The van der Waals surface area contributed by atoms with Gasteiger partial charge in [0.15, 0.2) is 5.82 Å². The highest BCUT2D eigenvalue weighted by Gasteiger charge is 2.26. The average Bonchev–Trinajstić information content (AvgIpc) is 3.14. The summed E-state index contributed by atoms with van der Waals surface area (Å²) in [5.74, 6) is 3.47. The zero-order valence-corrected chi connectivity index (χ0v) is 13.2. The lowest BCUT2D eigenvalue weighted by Gasteiger charge is -2.18. The lowest BCUT2D eigenvalue weighted by molar-refractivity contribution is 0.306. The lowest BCUT2D eigenvalue weighted by atomic mass is 10.00. The minimum absolute atomic E-state index is 0.209. The van der Waals surface area contributed by atoms with Gasteiger partial charge in [0.2, 0.25) is 5.89 Å². The van der Waals surface area contributed by atoms with Crippen molar-refractivity contribution in [3.8, 4) is 0 Å². The maximum Gasteiger partial charge on any atom is 0.231 e. The molecule has 0 fully saturated rings. The summed E-state index contributed by atoms with van der Waals surface area (Å²) in [6.45, 7) is 4.64. The standard InChI is InChI=1S/C16H18N6O/c1-10-3-4-12(8-17-10)7-14-19-16(23-21-14)13-5-6-15-18-11(2)20-22(15)9-13/h3-4,8,13H,5-7,9H2,1-2H3. The van der Waals surface area contributed by atoms with Crippen LogP contribution in [0.25, 0.3) is 0 Å². The molecule has 0 spiro atoms. The first-order valence-electron chi connectivity index (χ1n) is 7.82. The fourth-order valence-corrected chi connectivity index (χ4v) is 2.93. The van der Waals surface area contributed by atoms with Crippen molar-refractivity contribution < 1.29 is 4.52 Å². The van der Waals surface area contributed by atoms with Crippen molar-refractivity contribution in [2.75, 3.05) is 0 Å². The van der Waals surface area contributed by atoms with Gasteiger partial charge in [-0.3, -0.25) is 4.98 Å². The topological polar surface area (TPSA) is 82.5 Å². The van der Waals surface area contributed by atoms with E-state index >= 15 is 0 Å². The van der Waals surface area contributed by atoms with Crippen molar-refractivity contribution in [2.45, 2.75) is 45.6 Å². The van der Waals surface area contributed by atoms with Gasteiger partial charge in [0.1, 0.15) is 11.6 Å². The van der Waals surface area contributed by atoms with Gasteiger partial charge in [-0.2, -0.15) is 10.1 Å². The molecule has 1 aliphatic heterocycles. The van der Waals surface area contributed by atoms with E-state index in [0.29, 0.717) is 18.1 Å². The zero-order valence-electron chi connectivity index (χ0n) is 13.2. The van der Waals surface area contributed by atoms with E-state index in [1.54, 1.807) is 0 Å². The molecule has 118 valence electrons. The Morgan fingerprint density at radius 1 is 1.26 bits per heavy atom. The molecule has 7 nitrogen and oxygen atoms in total. The van der Waals surface area contributed by atoms with E-state index in [1.807, 2.05) is 36.9 Å². The van der Waals surface area contributed by atoms with Crippen LogP contribution < -0.4 is 0 Å². The van der Waals surface area contributed by atoms with Crippen LogP contribution in [0.5, 0.6) is 0 Å². The first-order chi connectivity index (χ1) is 11.2. The van der Waals surface area contributed by atoms with E-state index < -0.39 is 0 Å². The van der Waals surface area contributed by atoms with E-state index in [0.717, 1.165) is 42.3 Å². The SMILES string of the molecule is Cc1ccc(Cc2noc(C3CCc4nc(C)nn4C3)n2)cn1. The van der Waals surface area contributed by atoms with Gasteiger partial charge >= 0.3 is 0 Å². The zero-order chi connectivity index (χ0) is 15.8. The first-order valence-corrected chi connectivity index (χ1v) is 7.82. The third-order valence-corrected chi connectivity index (χ3v) is 4.13. The monoisotopic (exact) mass is 310 g/mol. The molecular formula is C16H18N6O. The van der Waals surface area contributed by atoms with Crippen LogP contribution in [0, 0.1) is 13.8 Å². The van der Waals surface area contributed by atoms with Crippen LogP contribution >= 0.6 is 0 Å². The van der Waals surface area contributed by atoms with Crippen LogP contribution in [-0.2, 0) is 19.4 Å². The summed E-state index contributed by atoms with van der Waals surface area (Å²) in [6, 6.07) is 4.04. The van der Waals surface area contributed by atoms with Gasteiger partial charge in [-0.25, -0.2) is 9.67 Å². The minimum atomic E-state index is 0.209. The average molecular weight is 310 g/mol. The number of aromatic nitrogens is 6.